The number of aromatic nitrogens is 2. The number of rotatable bonds is 8. The molecular formula is C23H18N2O4S. The minimum absolute atomic E-state index is 0.0386. The number of carbonyl (C=O) groups is 1. The van der Waals surface area contributed by atoms with E-state index >= 15 is 0 Å². The van der Waals surface area contributed by atoms with Gasteiger partial charge in [0.25, 0.3) is 11.1 Å². The van der Waals surface area contributed by atoms with Crippen LogP contribution in [0.4, 0.5) is 0 Å². The van der Waals surface area contributed by atoms with Gasteiger partial charge in [0, 0.05) is 5.56 Å². The predicted octanol–water partition coefficient (Wildman–Crippen LogP) is 5.51. The highest BCUT2D eigenvalue weighted by Gasteiger charge is 2.15. The zero-order valence-corrected chi connectivity index (χ0v) is 17.0. The molecule has 0 atom stereocenters. The summed E-state index contributed by atoms with van der Waals surface area (Å²) >= 11 is 1.20. The zero-order valence-electron chi connectivity index (χ0n) is 16.1. The Balaban J connectivity index is 1.36. The van der Waals surface area contributed by atoms with Crippen LogP contribution < -0.4 is 9.47 Å². The molecule has 0 aliphatic rings. The van der Waals surface area contributed by atoms with Crippen molar-refractivity contribution < 1.29 is 18.7 Å². The maximum absolute atomic E-state index is 12.5. The van der Waals surface area contributed by atoms with Gasteiger partial charge in [-0.05, 0) is 48.5 Å². The van der Waals surface area contributed by atoms with E-state index in [0.717, 1.165) is 5.75 Å². The zero-order chi connectivity index (χ0) is 20.8. The molecule has 0 radical (unpaired) electrons. The van der Waals surface area contributed by atoms with Crippen molar-refractivity contribution in [1.29, 1.82) is 0 Å². The summed E-state index contributed by atoms with van der Waals surface area (Å²) in [5.41, 5.74) is 1.30. The second-order valence-corrected chi connectivity index (χ2v) is 7.15. The second-order valence-electron chi connectivity index (χ2n) is 6.22. The van der Waals surface area contributed by atoms with E-state index in [1.807, 2.05) is 54.6 Å². The van der Waals surface area contributed by atoms with Gasteiger partial charge in [0.2, 0.25) is 0 Å². The lowest BCUT2D eigenvalue weighted by Crippen LogP contribution is -2.02. The summed E-state index contributed by atoms with van der Waals surface area (Å²) < 4.78 is 16.7. The Kier molecular flexibility index (Phi) is 6.10. The molecule has 150 valence electrons. The Bertz CT molecular complexity index is 1130. The molecule has 30 heavy (non-hydrogen) atoms. The largest absolute Gasteiger partial charge is 0.496 e. The van der Waals surface area contributed by atoms with Gasteiger partial charge in [0.1, 0.15) is 17.2 Å². The molecule has 0 fully saturated rings. The third-order valence-corrected chi connectivity index (χ3v) is 5.04. The molecule has 7 heteroatoms. The van der Waals surface area contributed by atoms with Crippen molar-refractivity contribution in [2.24, 2.45) is 0 Å². The average Bonchev–Trinajstić information content (AvgIpc) is 3.27. The van der Waals surface area contributed by atoms with Gasteiger partial charge in [-0.1, -0.05) is 42.1 Å². The molecule has 4 aromatic rings. The number of carbonyl (C=O) groups excluding carboxylic acids is 1. The van der Waals surface area contributed by atoms with Crippen molar-refractivity contribution in [3.8, 4) is 28.7 Å². The Morgan fingerprint density at radius 1 is 0.900 bits per heavy atom. The normalized spacial score (nSPS) is 10.6. The van der Waals surface area contributed by atoms with E-state index in [4.69, 9.17) is 13.9 Å². The van der Waals surface area contributed by atoms with Gasteiger partial charge in [0.05, 0.1) is 18.4 Å². The Hall–Kier alpha value is -3.58. The highest BCUT2D eigenvalue weighted by molar-refractivity contribution is 7.99. The standard InChI is InChI=1S/C23H18N2O4S/c1-27-21-10-6-5-9-19(21)22-24-25-23(29-22)30-15-20(26)16-11-13-18(14-12-16)28-17-7-3-2-4-8-17/h2-14H,15H2,1H3. The predicted molar refractivity (Wildman–Crippen MR) is 114 cm³/mol. The molecule has 0 saturated heterocycles. The number of Topliss-reactive ketones (excluding diaryl/α,β-unsaturated/α-hetero) is 1. The molecule has 0 bridgehead atoms. The second kappa shape index (κ2) is 9.28. The van der Waals surface area contributed by atoms with Crippen LogP contribution >= 0.6 is 11.8 Å². The summed E-state index contributed by atoms with van der Waals surface area (Å²) in [6.07, 6.45) is 0. The Morgan fingerprint density at radius 2 is 1.60 bits per heavy atom. The van der Waals surface area contributed by atoms with Gasteiger partial charge in [0.15, 0.2) is 5.78 Å². The van der Waals surface area contributed by atoms with Crippen molar-refractivity contribution >= 4 is 17.5 Å². The van der Waals surface area contributed by atoms with Crippen LogP contribution in [-0.2, 0) is 0 Å². The fourth-order valence-corrected chi connectivity index (χ4v) is 3.40. The highest BCUT2D eigenvalue weighted by atomic mass is 32.2. The number of hydrogen-bond donors (Lipinski definition) is 0. The van der Waals surface area contributed by atoms with Crippen molar-refractivity contribution in [3.63, 3.8) is 0 Å². The molecule has 1 heterocycles. The van der Waals surface area contributed by atoms with Crippen LogP contribution in [-0.4, -0.2) is 28.8 Å². The number of benzene rings is 3. The fraction of sp³-hybridized carbons (Fsp3) is 0.0870. The lowest BCUT2D eigenvalue weighted by Gasteiger charge is -2.06. The number of ketones is 1. The summed E-state index contributed by atoms with van der Waals surface area (Å²) in [6, 6.07) is 23.9. The molecule has 0 unspecified atom stereocenters. The van der Waals surface area contributed by atoms with Gasteiger partial charge in [-0.3, -0.25) is 4.79 Å². The molecule has 0 spiro atoms. The minimum Gasteiger partial charge on any atom is -0.496 e. The van der Waals surface area contributed by atoms with E-state index in [1.54, 1.807) is 31.4 Å². The first-order valence-electron chi connectivity index (χ1n) is 9.19. The van der Waals surface area contributed by atoms with Gasteiger partial charge in [-0.15, -0.1) is 10.2 Å². The number of para-hydroxylation sites is 2. The molecule has 0 amide bonds. The first kappa shape index (κ1) is 19.7. The lowest BCUT2D eigenvalue weighted by molar-refractivity contribution is 0.102. The number of thioether (sulfide) groups is 1. The van der Waals surface area contributed by atoms with Gasteiger partial charge in [-0.2, -0.15) is 0 Å². The maximum Gasteiger partial charge on any atom is 0.277 e. The number of ether oxygens (including phenoxy) is 2. The minimum atomic E-state index is -0.0386. The van der Waals surface area contributed by atoms with Crippen LogP contribution in [0.25, 0.3) is 11.5 Å². The van der Waals surface area contributed by atoms with Crippen molar-refractivity contribution in [2.75, 3.05) is 12.9 Å². The van der Waals surface area contributed by atoms with Crippen LogP contribution in [0.15, 0.2) is 88.5 Å². The molecule has 6 nitrogen and oxygen atoms in total. The molecule has 0 aliphatic carbocycles. The van der Waals surface area contributed by atoms with Crippen molar-refractivity contribution in [1.82, 2.24) is 10.2 Å². The highest BCUT2D eigenvalue weighted by Crippen LogP contribution is 2.30. The Labute approximate surface area is 177 Å². The molecule has 3 aromatic carbocycles. The number of hydrogen-bond acceptors (Lipinski definition) is 7. The van der Waals surface area contributed by atoms with Crippen LogP contribution in [0.2, 0.25) is 0 Å². The van der Waals surface area contributed by atoms with E-state index < -0.39 is 0 Å². The third kappa shape index (κ3) is 4.69. The monoisotopic (exact) mass is 418 g/mol. The lowest BCUT2D eigenvalue weighted by atomic mass is 10.1. The third-order valence-electron chi connectivity index (χ3n) is 4.23. The van der Waals surface area contributed by atoms with E-state index in [1.165, 1.54) is 11.8 Å². The SMILES string of the molecule is COc1ccccc1-c1nnc(SCC(=O)c2ccc(Oc3ccccc3)cc2)o1. The Morgan fingerprint density at radius 3 is 2.37 bits per heavy atom. The fourth-order valence-electron chi connectivity index (χ4n) is 2.74. The molecular weight excluding hydrogens is 400 g/mol. The first-order valence-corrected chi connectivity index (χ1v) is 10.2. The summed E-state index contributed by atoms with van der Waals surface area (Å²) in [5.74, 6) is 2.56. The van der Waals surface area contributed by atoms with Gasteiger partial charge in [-0.25, -0.2) is 0 Å². The summed E-state index contributed by atoms with van der Waals surface area (Å²) in [6.45, 7) is 0. The van der Waals surface area contributed by atoms with Crippen LogP contribution in [0, 0.1) is 0 Å². The van der Waals surface area contributed by atoms with Crippen molar-refractivity contribution in [2.45, 2.75) is 5.22 Å². The summed E-state index contributed by atoms with van der Waals surface area (Å²) in [7, 11) is 1.58. The van der Waals surface area contributed by atoms with Crippen LogP contribution in [0.1, 0.15) is 10.4 Å². The molecule has 0 saturated carbocycles. The van der Waals surface area contributed by atoms with Crippen molar-refractivity contribution in [3.05, 3.63) is 84.4 Å². The quantitative estimate of drug-likeness (QED) is 0.276. The van der Waals surface area contributed by atoms with E-state index in [2.05, 4.69) is 10.2 Å². The first-order chi connectivity index (χ1) is 14.7. The molecule has 1 aromatic heterocycles. The number of methoxy groups -OCH3 is 1. The van der Waals surface area contributed by atoms with Gasteiger partial charge < -0.3 is 13.9 Å². The maximum atomic E-state index is 12.5. The van der Waals surface area contributed by atoms with Crippen LogP contribution in [0.3, 0.4) is 0 Å². The molecule has 4 rings (SSSR count). The summed E-state index contributed by atoms with van der Waals surface area (Å²) in [5, 5.41) is 8.39. The average molecular weight is 418 g/mol. The topological polar surface area (TPSA) is 74.5 Å². The smallest absolute Gasteiger partial charge is 0.277 e. The molecule has 0 aliphatic heterocycles. The number of nitrogens with zero attached hydrogens (tertiary/aromatic N) is 2. The van der Waals surface area contributed by atoms with E-state index in [-0.39, 0.29) is 11.5 Å². The van der Waals surface area contributed by atoms with Crippen LogP contribution in [0.5, 0.6) is 17.2 Å². The summed E-state index contributed by atoms with van der Waals surface area (Å²) in [4.78, 5) is 12.5. The molecule has 0 N–H and O–H groups in total. The van der Waals surface area contributed by atoms with E-state index in [0.29, 0.717) is 33.7 Å². The van der Waals surface area contributed by atoms with E-state index in [9.17, 15) is 4.79 Å². The van der Waals surface area contributed by atoms with Gasteiger partial charge >= 0.3 is 0 Å².